The molecule has 1 unspecified atom stereocenters. The van der Waals surface area contributed by atoms with E-state index in [2.05, 4.69) is 5.10 Å². The summed E-state index contributed by atoms with van der Waals surface area (Å²) in [5.41, 5.74) is 1.37. The van der Waals surface area contributed by atoms with Gasteiger partial charge in [-0.1, -0.05) is 30.3 Å². The molecule has 6 heteroatoms. The van der Waals surface area contributed by atoms with Gasteiger partial charge in [0.2, 0.25) is 5.91 Å². The summed E-state index contributed by atoms with van der Waals surface area (Å²) in [4.78, 5) is 27.1. The molecule has 2 aromatic carbocycles. The number of hydrogen-bond acceptors (Lipinski definition) is 3. The lowest BCUT2D eigenvalue weighted by Gasteiger charge is -2.25. The second kappa shape index (κ2) is 6.95. The first-order valence-corrected chi connectivity index (χ1v) is 9.04. The van der Waals surface area contributed by atoms with Crippen molar-refractivity contribution in [2.24, 2.45) is 7.05 Å². The first-order chi connectivity index (χ1) is 13.0. The average molecular weight is 365 g/mol. The highest BCUT2D eigenvalue weighted by Crippen LogP contribution is 2.32. The van der Waals surface area contributed by atoms with Crippen LogP contribution >= 0.6 is 0 Å². The Morgan fingerprint density at radius 3 is 2.59 bits per heavy atom. The highest BCUT2D eigenvalue weighted by Gasteiger charge is 2.30. The third-order valence-corrected chi connectivity index (χ3v) is 5.18. The van der Waals surface area contributed by atoms with Crippen LogP contribution in [-0.2, 0) is 18.3 Å². The van der Waals surface area contributed by atoms with Crippen LogP contribution in [0, 0.1) is 5.82 Å². The van der Waals surface area contributed by atoms with Gasteiger partial charge in [0.05, 0.1) is 23.5 Å². The Morgan fingerprint density at radius 1 is 1.15 bits per heavy atom. The number of benzene rings is 2. The Kier molecular flexibility index (Phi) is 4.48. The van der Waals surface area contributed by atoms with Gasteiger partial charge in [0.25, 0.3) is 5.56 Å². The number of likely N-dealkylation sites (tertiary alicyclic amines) is 1. The predicted molar refractivity (Wildman–Crippen MR) is 101 cm³/mol. The van der Waals surface area contributed by atoms with Crippen LogP contribution in [0.15, 0.2) is 53.3 Å². The van der Waals surface area contributed by atoms with E-state index >= 15 is 0 Å². The molecule has 5 nitrogen and oxygen atoms in total. The number of carbonyl (C=O) groups excluding carboxylic acids is 1. The van der Waals surface area contributed by atoms with E-state index in [0.29, 0.717) is 23.0 Å². The fourth-order valence-corrected chi connectivity index (χ4v) is 3.85. The van der Waals surface area contributed by atoms with E-state index in [1.165, 1.54) is 16.8 Å². The predicted octanol–water partition coefficient (Wildman–Crippen LogP) is 2.98. The molecule has 2 heterocycles. The first-order valence-electron chi connectivity index (χ1n) is 9.04. The summed E-state index contributed by atoms with van der Waals surface area (Å²) < 4.78 is 14.5. The molecule has 27 heavy (non-hydrogen) atoms. The molecule has 3 aromatic rings. The molecule has 0 saturated carbocycles. The molecule has 1 aromatic heterocycles. The molecule has 0 N–H and O–H groups in total. The topological polar surface area (TPSA) is 55.2 Å². The Morgan fingerprint density at radius 2 is 1.85 bits per heavy atom. The second-order valence-corrected chi connectivity index (χ2v) is 6.89. The summed E-state index contributed by atoms with van der Waals surface area (Å²) in [5, 5.41) is 5.61. The third-order valence-electron chi connectivity index (χ3n) is 5.18. The van der Waals surface area contributed by atoms with Crippen LogP contribution in [0.5, 0.6) is 0 Å². The number of aromatic nitrogens is 2. The maximum atomic E-state index is 13.2. The average Bonchev–Trinajstić information content (AvgIpc) is 3.16. The molecule has 138 valence electrons. The largest absolute Gasteiger partial charge is 0.335 e. The molecule has 0 aliphatic carbocycles. The molecule has 1 aliphatic rings. The zero-order chi connectivity index (χ0) is 19.0. The minimum Gasteiger partial charge on any atom is -0.335 e. The second-order valence-electron chi connectivity index (χ2n) is 6.89. The molecule has 1 amide bonds. The molecule has 1 saturated heterocycles. The monoisotopic (exact) mass is 365 g/mol. The first kappa shape index (κ1) is 17.4. The zero-order valence-corrected chi connectivity index (χ0v) is 15.1. The van der Waals surface area contributed by atoms with Crippen molar-refractivity contribution in [3.05, 3.63) is 76.0 Å². The van der Waals surface area contributed by atoms with Crippen LogP contribution in [-0.4, -0.2) is 27.1 Å². The van der Waals surface area contributed by atoms with Gasteiger partial charge in [0, 0.05) is 19.0 Å². The van der Waals surface area contributed by atoms with Gasteiger partial charge in [-0.2, -0.15) is 5.10 Å². The van der Waals surface area contributed by atoms with Crippen LogP contribution in [0.3, 0.4) is 0 Å². The van der Waals surface area contributed by atoms with Crippen LogP contribution in [0.1, 0.15) is 30.1 Å². The molecule has 1 fully saturated rings. The number of amides is 1. The van der Waals surface area contributed by atoms with Gasteiger partial charge in [-0.05, 0) is 36.6 Å². The van der Waals surface area contributed by atoms with Crippen molar-refractivity contribution >= 4 is 16.7 Å². The minimum absolute atomic E-state index is 0.0295. The van der Waals surface area contributed by atoms with Gasteiger partial charge in [-0.15, -0.1) is 0 Å². The highest BCUT2D eigenvalue weighted by atomic mass is 19.1. The van der Waals surface area contributed by atoms with Crippen LogP contribution < -0.4 is 5.56 Å². The number of carbonyl (C=O) groups is 1. The van der Waals surface area contributed by atoms with Crippen molar-refractivity contribution in [1.82, 2.24) is 14.7 Å². The summed E-state index contributed by atoms with van der Waals surface area (Å²) in [7, 11) is 1.60. The molecule has 0 bridgehead atoms. The van der Waals surface area contributed by atoms with E-state index in [1.54, 1.807) is 31.3 Å². The molecular formula is C21H20FN3O2. The lowest BCUT2D eigenvalue weighted by Crippen LogP contribution is -2.33. The van der Waals surface area contributed by atoms with Gasteiger partial charge in [0.1, 0.15) is 5.82 Å². The molecular weight excluding hydrogens is 345 g/mol. The number of nitrogens with zero attached hydrogens (tertiary/aromatic N) is 3. The summed E-state index contributed by atoms with van der Waals surface area (Å²) in [6.45, 7) is 0.671. The van der Waals surface area contributed by atoms with Crippen molar-refractivity contribution in [2.45, 2.75) is 25.3 Å². The van der Waals surface area contributed by atoms with E-state index in [4.69, 9.17) is 0 Å². The van der Waals surface area contributed by atoms with E-state index in [-0.39, 0.29) is 29.7 Å². The number of fused-ring (bicyclic) bond motifs is 1. The third kappa shape index (κ3) is 3.23. The van der Waals surface area contributed by atoms with E-state index in [9.17, 15) is 14.0 Å². The van der Waals surface area contributed by atoms with Gasteiger partial charge in [-0.3, -0.25) is 9.59 Å². The summed E-state index contributed by atoms with van der Waals surface area (Å²) >= 11 is 0. The number of aryl methyl sites for hydroxylation is 1. The van der Waals surface area contributed by atoms with Gasteiger partial charge >= 0.3 is 0 Å². The Hall–Kier alpha value is -3.02. The zero-order valence-electron chi connectivity index (χ0n) is 15.1. The number of hydrogen-bond donors (Lipinski definition) is 0. The molecule has 0 radical (unpaired) electrons. The van der Waals surface area contributed by atoms with Crippen molar-refractivity contribution in [1.29, 1.82) is 0 Å². The lowest BCUT2D eigenvalue weighted by atomic mass is 10.0. The van der Waals surface area contributed by atoms with Crippen molar-refractivity contribution in [3.63, 3.8) is 0 Å². The summed E-state index contributed by atoms with van der Waals surface area (Å²) in [6, 6.07) is 13.5. The normalized spacial score (nSPS) is 16.8. The lowest BCUT2D eigenvalue weighted by molar-refractivity contribution is -0.131. The van der Waals surface area contributed by atoms with Crippen LogP contribution in [0.2, 0.25) is 0 Å². The molecule has 0 spiro atoms. The van der Waals surface area contributed by atoms with Crippen molar-refractivity contribution in [3.8, 4) is 0 Å². The van der Waals surface area contributed by atoms with Gasteiger partial charge < -0.3 is 4.90 Å². The van der Waals surface area contributed by atoms with Crippen molar-refractivity contribution < 1.29 is 9.18 Å². The standard InChI is InChI=1S/C21H20FN3O2/c1-24-21(27)17-6-3-2-5-16(17)18(23-24)13-20(26)25-12-4-7-19(25)14-8-10-15(22)11-9-14/h2-3,5-6,8-11,19H,4,7,12-13H2,1H3. The summed E-state index contributed by atoms with van der Waals surface area (Å²) in [6.07, 6.45) is 1.90. The van der Waals surface area contributed by atoms with Crippen LogP contribution in [0.4, 0.5) is 4.39 Å². The van der Waals surface area contributed by atoms with Gasteiger partial charge in [-0.25, -0.2) is 9.07 Å². The van der Waals surface area contributed by atoms with Crippen molar-refractivity contribution in [2.75, 3.05) is 6.54 Å². The van der Waals surface area contributed by atoms with E-state index < -0.39 is 0 Å². The Labute approximate surface area is 156 Å². The smallest absolute Gasteiger partial charge is 0.274 e. The fourth-order valence-electron chi connectivity index (χ4n) is 3.85. The SMILES string of the molecule is Cn1nc(CC(=O)N2CCCC2c2ccc(F)cc2)c2ccccc2c1=O. The molecule has 1 atom stereocenters. The Bertz CT molecular complexity index is 1060. The quantitative estimate of drug-likeness (QED) is 0.717. The highest BCUT2D eigenvalue weighted by molar-refractivity contribution is 5.88. The number of halogens is 1. The Balaban J connectivity index is 1.64. The maximum Gasteiger partial charge on any atom is 0.274 e. The van der Waals surface area contributed by atoms with Gasteiger partial charge in [0.15, 0.2) is 0 Å². The molecule has 1 aliphatic heterocycles. The maximum absolute atomic E-state index is 13.2. The fraction of sp³-hybridized carbons (Fsp3) is 0.286. The van der Waals surface area contributed by atoms with E-state index in [0.717, 1.165) is 18.4 Å². The van der Waals surface area contributed by atoms with Crippen LogP contribution in [0.25, 0.3) is 10.8 Å². The van der Waals surface area contributed by atoms with E-state index in [1.807, 2.05) is 17.0 Å². The summed E-state index contributed by atoms with van der Waals surface area (Å²) in [5.74, 6) is -0.311. The molecule has 4 rings (SSSR count). The number of rotatable bonds is 3. The minimum atomic E-state index is -0.282.